The van der Waals surface area contributed by atoms with Gasteiger partial charge in [-0.15, -0.1) is 0 Å². The minimum atomic E-state index is -0.755. The average Bonchev–Trinajstić information content (AvgIpc) is 2.74. The summed E-state index contributed by atoms with van der Waals surface area (Å²) in [4.78, 5) is 11.7. The van der Waals surface area contributed by atoms with Gasteiger partial charge in [-0.05, 0) is 38.1 Å². The van der Waals surface area contributed by atoms with E-state index in [1.165, 1.54) is 0 Å². The summed E-state index contributed by atoms with van der Waals surface area (Å²) in [5, 5.41) is 4.97. The second-order valence-electron chi connectivity index (χ2n) is 4.43. The maximum Gasteiger partial charge on any atom is 0.319 e. The molecule has 1 unspecified atom stereocenters. The van der Waals surface area contributed by atoms with E-state index in [0.717, 1.165) is 24.0 Å². The number of nitrogens with one attached hydrogen (secondary N) is 2. The Hall–Kier alpha value is -2.37. The molecule has 0 aliphatic rings. The van der Waals surface area contributed by atoms with Crippen LogP contribution in [-0.4, -0.2) is 6.03 Å². The van der Waals surface area contributed by atoms with Crippen LogP contribution in [0.15, 0.2) is 34.7 Å². The standard InChI is InChI=1S/C14H14F2N2O2/c1-8-3-4-13(20-8)9(2)17-14(19)18-12-6-10(15)5-11(16)7-12/h3-7,9H,1-2H3,(H2,17,18,19). The SMILES string of the molecule is Cc1ccc(C(C)NC(=O)Nc2cc(F)cc(F)c2)o1. The average molecular weight is 280 g/mol. The number of anilines is 1. The van der Waals surface area contributed by atoms with E-state index in [4.69, 9.17) is 4.42 Å². The van der Waals surface area contributed by atoms with Crippen molar-refractivity contribution in [2.45, 2.75) is 19.9 Å². The number of aryl methyl sites for hydroxylation is 1. The molecule has 2 aromatic rings. The van der Waals surface area contributed by atoms with Crippen molar-refractivity contribution in [2.24, 2.45) is 0 Å². The molecule has 0 bridgehead atoms. The van der Waals surface area contributed by atoms with Crippen LogP contribution in [0.2, 0.25) is 0 Å². The van der Waals surface area contributed by atoms with E-state index in [2.05, 4.69) is 10.6 Å². The summed E-state index contributed by atoms with van der Waals surface area (Å²) < 4.78 is 31.3. The first-order valence-corrected chi connectivity index (χ1v) is 6.04. The number of amides is 2. The molecule has 2 rings (SSSR count). The Morgan fingerprint density at radius 3 is 2.40 bits per heavy atom. The van der Waals surface area contributed by atoms with Crippen molar-refractivity contribution in [1.29, 1.82) is 0 Å². The lowest BCUT2D eigenvalue weighted by atomic mass is 10.2. The zero-order valence-electron chi connectivity index (χ0n) is 11.0. The maximum absolute atomic E-state index is 13.0. The lowest BCUT2D eigenvalue weighted by Crippen LogP contribution is -2.31. The number of urea groups is 1. The Morgan fingerprint density at radius 1 is 1.20 bits per heavy atom. The van der Waals surface area contributed by atoms with Crippen molar-refractivity contribution in [3.8, 4) is 0 Å². The van der Waals surface area contributed by atoms with Gasteiger partial charge >= 0.3 is 6.03 Å². The molecule has 0 saturated carbocycles. The predicted molar refractivity (Wildman–Crippen MR) is 70.4 cm³/mol. The molecule has 0 fully saturated rings. The number of rotatable bonds is 3. The monoisotopic (exact) mass is 280 g/mol. The fourth-order valence-corrected chi connectivity index (χ4v) is 1.75. The van der Waals surface area contributed by atoms with E-state index in [0.29, 0.717) is 5.76 Å². The molecule has 0 spiro atoms. The van der Waals surface area contributed by atoms with Crippen LogP contribution >= 0.6 is 0 Å². The molecule has 0 aliphatic carbocycles. The fourth-order valence-electron chi connectivity index (χ4n) is 1.75. The first kappa shape index (κ1) is 14.0. The predicted octanol–water partition coefficient (Wildman–Crippen LogP) is 3.75. The molecule has 20 heavy (non-hydrogen) atoms. The van der Waals surface area contributed by atoms with Crippen LogP contribution in [-0.2, 0) is 0 Å². The molecule has 106 valence electrons. The third-order valence-corrected chi connectivity index (χ3v) is 2.66. The molecule has 2 N–H and O–H groups in total. The molecule has 6 heteroatoms. The fraction of sp³-hybridized carbons (Fsp3) is 0.214. The lowest BCUT2D eigenvalue weighted by molar-refractivity contribution is 0.247. The summed E-state index contributed by atoms with van der Waals surface area (Å²) >= 11 is 0. The number of benzene rings is 1. The van der Waals surface area contributed by atoms with Crippen molar-refractivity contribution in [3.05, 3.63) is 53.5 Å². The number of carbonyl (C=O) groups excluding carboxylic acids is 1. The number of halogens is 2. The molecule has 4 nitrogen and oxygen atoms in total. The summed E-state index contributed by atoms with van der Waals surface area (Å²) in [6, 6.07) is 5.40. The van der Waals surface area contributed by atoms with E-state index in [9.17, 15) is 13.6 Å². The molecule has 1 aromatic heterocycles. The van der Waals surface area contributed by atoms with Crippen LogP contribution in [0.4, 0.5) is 19.3 Å². The second-order valence-corrected chi connectivity index (χ2v) is 4.43. The third-order valence-electron chi connectivity index (χ3n) is 2.66. The molecule has 0 aliphatic heterocycles. The van der Waals surface area contributed by atoms with Gasteiger partial charge in [0.25, 0.3) is 0 Å². The Labute approximate surface area is 114 Å². The van der Waals surface area contributed by atoms with Crippen LogP contribution in [0, 0.1) is 18.6 Å². The van der Waals surface area contributed by atoms with Gasteiger partial charge in [0.15, 0.2) is 0 Å². The maximum atomic E-state index is 13.0. The molecule has 0 saturated heterocycles. The zero-order chi connectivity index (χ0) is 14.7. The molecule has 1 heterocycles. The first-order chi connectivity index (χ1) is 9.44. The topological polar surface area (TPSA) is 54.3 Å². The highest BCUT2D eigenvalue weighted by atomic mass is 19.1. The Morgan fingerprint density at radius 2 is 1.85 bits per heavy atom. The lowest BCUT2D eigenvalue weighted by Gasteiger charge is -2.12. The highest BCUT2D eigenvalue weighted by Crippen LogP contribution is 2.16. The van der Waals surface area contributed by atoms with Crippen LogP contribution in [0.5, 0.6) is 0 Å². The second kappa shape index (κ2) is 5.73. The van der Waals surface area contributed by atoms with Crippen LogP contribution < -0.4 is 10.6 Å². The number of furan rings is 1. The van der Waals surface area contributed by atoms with Gasteiger partial charge in [-0.25, -0.2) is 13.6 Å². The zero-order valence-corrected chi connectivity index (χ0v) is 11.0. The summed E-state index contributed by atoms with van der Waals surface area (Å²) in [6.45, 7) is 3.54. The van der Waals surface area contributed by atoms with Crippen LogP contribution in [0.1, 0.15) is 24.5 Å². The number of carbonyl (C=O) groups is 1. The van der Waals surface area contributed by atoms with Crippen molar-refractivity contribution in [1.82, 2.24) is 5.32 Å². The first-order valence-electron chi connectivity index (χ1n) is 6.04. The molecular formula is C14H14F2N2O2. The van der Waals surface area contributed by atoms with Gasteiger partial charge in [-0.3, -0.25) is 0 Å². The van der Waals surface area contributed by atoms with Crippen LogP contribution in [0.25, 0.3) is 0 Å². The van der Waals surface area contributed by atoms with E-state index in [1.54, 1.807) is 26.0 Å². The van der Waals surface area contributed by atoms with Gasteiger partial charge in [-0.1, -0.05) is 0 Å². The summed E-state index contributed by atoms with van der Waals surface area (Å²) in [7, 11) is 0. The number of hydrogen-bond donors (Lipinski definition) is 2. The van der Waals surface area contributed by atoms with E-state index in [1.807, 2.05) is 0 Å². The van der Waals surface area contributed by atoms with Gasteiger partial charge in [-0.2, -0.15) is 0 Å². The number of hydrogen-bond acceptors (Lipinski definition) is 2. The minimum Gasteiger partial charge on any atom is -0.464 e. The highest BCUT2D eigenvalue weighted by Gasteiger charge is 2.13. The van der Waals surface area contributed by atoms with Gasteiger partial charge < -0.3 is 15.1 Å². The molecule has 2 amide bonds. The van der Waals surface area contributed by atoms with Crippen molar-refractivity contribution < 1.29 is 18.0 Å². The highest BCUT2D eigenvalue weighted by molar-refractivity contribution is 5.89. The molecule has 1 aromatic carbocycles. The molecule has 1 atom stereocenters. The third kappa shape index (κ3) is 3.57. The van der Waals surface area contributed by atoms with Crippen molar-refractivity contribution in [2.75, 3.05) is 5.32 Å². The largest absolute Gasteiger partial charge is 0.464 e. The van der Waals surface area contributed by atoms with Crippen LogP contribution in [0.3, 0.4) is 0 Å². The summed E-state index contributed by atoms with van der Waals surface area (Å²) in [6.07, 6.45) is 0. The summed E-state index contributed by atoms with van der Waals surface area (Å²) in [5.41, 5.74) is 0.0443. The van der Waals surface area contributed by atoms with Gasteiger partial charge in [0.05, 0.1) is 6.04 Å². The van der Waals surface area contributed by atoms with Crippen molar-refractivity contribution >= 4 is 11.7 Å². The van der Waals surface area contributed by atoms with Gasteiger partial charge in [0.1, 0.15) is 23.2 Å². The normalized spacial score (nSPS) is 12.0. The van der Waals surface area contributed by atoms with E-state index >= 15 is 0 Å². The Balaban J connectivity index is 1.98. The Kier molecular flexibility index (Phi) is 4.02. The minimum absolute atomic E-state index is 0.0443. The molecular weight excluding hydrogens is 266 g/mol. The van der Waals surface area contributed by atoms with Gasteiger partial charge in [0, 0.05) is 11.8 Å². The van der Waals surface area contributed by atoms with Gasteiger partial charge in [0.2, 0.25) is 0 Å². The smallest absolute Gasteiger partial charge is 0.319 e. The van der Waals surface area contributed by atoms with E-state index < -0.39 is 17.7 Å². The van der Waals surface area contributed by atoms with Crippen molar-refractivity contribution in [3.63, 3.8) is 0 Å². The van der Waals surface area contributed by atoms with E-state index in [-0.39, 0.29) is 11.7 Å². The summed E-state index contributed by atoms with van der Waals surface area (Å²) in [5.74, 6) is -0.172. The molecule has 0 radical (unpaired) electrons. The Bertz CT molecular complexity index is 605. The quantitative estimate of drug-likeness (QED) is 0.899.